The van der Waals surface area contributed by atoms with E-state index in [1.54, 1.807) is 11.0 Å². The van der Waals surface area contributed by atoms with E-state index in [2.05, 4.69) is 0 Å². The molecule has 0 radical (unpaired) electrons. The lowest BCUT2D eigenvalue weighted by Crippen LogP contribution is -2.38. The van der Waals surface area contributed by atoms with Crippen LogP contribution in [0.1, 0.15) is 12.0 Å². The number of β-amino-alcohol motifs (C(OH)–C–C–N with tert-alkyl or cyclic N) is 1. The van der Waals surface area contributed by atoms with Crippen LogP contribution in [0, 0.1) is 0 Å². The predicted octanol–water partition coefficient (Wildman–Crippen LogP) is 2.21. The van der Waals surface area contributed by atoms with Gasteiger partial charge in [0.05, 0.1) is 11.7 Å². The molecular weight excluding hydrogens is 269 g/mol. The number of aliphatic hydroxyl groups is 1. The number of benzene rings is 1. The zero-order valence-electron chi connectivity index (χ0n) is 11.6. The minimum atomic E-state index is -4.38. The Balaban J connectivity index is 2.34. The number of nitrogens with zero attached hydrogens (tertiary/aromatic N) is 2. The molecule has 2 rings (SSSR count). The van der Waals surface area contributed by atoms with E-state index in [-0.39, 0.29) is 18.3 Å². The SMILES string of the molecule is CN(C)CC1CC(O)CN1c1ccccc1C(F)(F)F. The van der Waals surface area contributed by atoms with Crippen LogP contribution in [-0.4, -0.2) is 49.3 Å². The van der Waals surface area contributed by atoms with Crippen molar-refractivity contribution in [3.05, 3.63) is 29.8 Å². The van der Waals surface area contributed by atoms with Gasteiger partial charge >= 0.3 is 6.18 Å². The summed E-state index contributed by atoms with van der Waals surface area (Å²) < 4.78 is 39.3. The van der Waals surface area contributed by atoms with Crippen molar-refractivity contribution in [2.75, 3.05) is 32.1 Å². The summed E-state index contributed by atoms with van der Waals surface area (Å²) in [5.74, 6) is 0. The first-order valence-electron chi connectivity index (χ1n) is 6.54. The summed E-state index contributed by atoms with van der Waals surface area (Å²) in [7, 11) is 3.75. The Bertz CT molecular complexity index is 462. The zero-order chi connectivity index (χ0) is 14.9. The topological polar surface area (TPSA) is 26.7 Å². The molecule has 0 amide bonds. The molecule has 0 saturated carbocycles. The molecule has 2 unspecified atom stereocenters. The summed E-state index contributed by atoms with van der Waals surface area (Å²) in [6.45, 7) is 0.856. The van der Waals surface area contributed by atoms with Crippen LogP contribution in [0.25, 0.3) is 0 Å². The Hall–Kier alpha value is -1.27. The number of hydrogen-bond acceptors (Lipinski definition) is 3. The standard InChI is InChI=1S/C14H19F3N2O/c1-18(2)8-10-7-11(20)9-19(10)13-6-4-3-5-12(13)14(15,16)17/h3-6,10-11,20H,7-9H2,1-2H3. The fourth-order valence-corrected chi connectivity index (χ4v) is 2.75. The summed E-state index contributed by atoms with van der Waals surface area (Å²) in [5.41, 5.74) is -0.485. The Kier molecular flexibility index (Phi) is 4.25. The highest BCUT2D eigenvalue weighted by molar-refractivity contribution is 5.57. The number of rotatable bonds is 3. The van der Waals surface area contributed by atoms with Crippen LogP contribution in [-0.2, 0) is 6.18 Å². The first kappa shape index (κ1) is 15.1. The lowest BCUT2D eigenvalue weighted by Gasteiger charge is -2.30. The number of alkyl halides is 3. The van der Waals surface area contributed by atoms with Gasteiger partial charge in [0.15, 0.2) is 0 Å². The third kappa shape index (κ3) is 3.24. The Labute approximate surface area is 116 Å². The molecule has 0 bridgehead atoms. The predicted molar refractivity (Wildman–Crippen MR) is 71.8 cm³/mol. The molecule has 1 N–H and O–H groups in total. The van der Waals surface area contributed by atoms with Crippen LogP contribution < -0.4 is 4.90 Å². The summed E-state index contributed by atoms with van der Waals surface area (Å²) in [6, 6.07) is 5.45. The van der Waals surface area contributed by atoms with Gasteiger partial charge in [-0.15, -0.1) is 0 Å². The van der Waals surface area contributed by atoms with Gasteiger partial charge in [0, 0.05) is 24.8 Å². The maximum atomic E-state index is 13.1. The van der Waals surface area contributed by atoms with E-state index in [1.807, 2.05) is 19.0 Å². The molecule has 20 heavy (non-hydrogen) atoms. The van der Waals surface area contributed by atoms with Gasteiger partial charge in [-0.05, 0) is 32.6 Å². The fourth-order valence-electron chi connectivity index (χ4n) is 2.75. The Morgan fingerprint density at radius 1 is 1.30 bits per heavy atom. The number of aliphatic hydroxyl groups excluding tert-OH is 1. The smallest absolute Gasteiger partial charge is 0.391 e. The average Bonchev–Trinajstić information content (AvgIpc) is 2.68. The van der Waals surface area contributed by atoms with E-state index in [0.717, 1.165) is 6.07 Å². The minimum absolute atomic E-state index is 0.108. The number of halogens is 3. The summed E-state index contributed by atoms with van der Waals surface area (Å²) in [4.78, 5) is 3.60. The molecule has 3 nitrogen and oxygen atoms in total. The molecule has 6 heteroatoms. The molecule has 112 valence electrons. The lowest BCUT2D eigenvalue weighted by atomic mass is 10.1. The molecule has 1 aliphatic rings. The second-order valence-electron chi connectivity index (χ2n) is 5.47. The molecular formula is C14H19F3N2O. The first-order valence-corrected chi connectivity index (χ1v) is 6.54. The van der Waals surface area contributed by atoms with Gasteiger partial charge in [-0.3, -0.25) is 0 Å². The third-order valence-corrected chi connectivity index (χ3v) is 3.49. The summed E-state index contributed by atoms with van der Waals surface area (Å²) in [5, 5.41) is 9.80. The van der Waals surface area contributed by atoms with Crippen molar-refractivity contribution < 1.29 is 18.3 Å². The van der Waals surface area contributed by atoms with Gasteiger partial charge in [0.2, 0.25) is 0 Å². The minimum Gasteiger partial charge on any atom is -0.391 e. The largest absolute Gasteiger partial charge is 0.418 e. The van der Waals surface area contributed by atoms with Gasteiger partial charge in [0.25, 0.3) is 0 Å². The number of likely N-dealkylation sites (N-methyl/N-ethyl adjacent to an activating group) is 1. The molecule has 0 spiro atoms. The van der Waals surface area contributed by atoms with E-state index in [1.165, 1.54) is 12.1 Å². The highest BCUT2D eigenvalue weighted by atomic mass is 19.4. The number of para-hydroxylation sites is 1. The van der Waals surface area contributed by atoms with E-state index >= 15 is 0 Å². The van der Waals surface area contributed by atoms with Crippen molar-refractivity contribution in [1.82, 2.24) is 4.90 Å². The van der Waals surface area contributed by atoms with Gasteiger partial charge in [0.1, 0.15) is 0 Å². The first-order chi connectivity index (χ1) is 9.29. The van der Waals surface area contributed by atoms with Crippen LogP contribution in [0.2, 0.25) is 0 Å². The van der Waals surface area contributed by atoms with Crippen molar-refractivity contribution in [3.63, 3.8) is 0 Å². The van der Waals surface area contributed by atoms with Crippen molar-refractivity contribution in [1.29, 1.82) is 0 Å². The normalized spacial score (nSPS) is 23.6. The second kappa shape index (κ2) is 5.61. The molecule has 1 fully saturated rings. The van der Waals surface area contributed by atoms with E-state index < -0.39 is 17.8 Å². The van der Waals surface area contributed by atoms with Crippen LogP contribution in [0.15, 0.2) is 24.3 Å². The Morgan fingerprint density at radius 2 is 1.95 bits per heavy atom. The molecule has 2 atom stereocenters. The fraction of sp³-hybridized carbons (Fsp3) is 0.571. The van der Waals surface area contributed by atoms with Gasteiger partial charge in [-0.25, -0.2) is 0 Å². The second-order valence-corrected chi connectivity index (χ2v) is 5.47. The summed E-state index contributed by atoms with van der Waals surface area (Å²) >= 11 is 0. The number of anilines is 1. The van der Waals surface area contributed by atoms with Crippen molar-refractivity contribution in [3.8, 4) is 0 Å². The third-order valence-electron chi connectivity index (χ3n) is 3.49. The van der Waals surface area contributed by atoms with Crippen molar-refractivity contribution in [2.45, 2.75) is 24.7 Å². The molecule has 1 aliphatic heterocycles. The quantitative estimate of drug-likeness (QED) is 0.924. The van der Waals surface area contributed by atoms with Gasteiger partial charge < -0.3 is 14.9 Å². The van der Waals surface area contributed by atoms with Crippen molar-refractivity contribution in [2.24, 2.45) is 0 Å². The average molecular weight is 288 g/mol. The molecule has 1 heterocycles. The summed E-state index contributed by atoms with van der Waals surface area (Å²) in [6.07, 6.45) is -4.47. The molecule has 1 aromatic rings. The molecule has 1 saturated heterocycles. The van der Waals surface area contributed by atoms with Crippen LogP contribution in [0.3, 0.4) is 0 Å². The van der Waals surface area contributed by atoms with Crippen LogP contribution in [0.4, 0.5) is 18.9 Å². The Morgan fingerprint density at radius 3 is 2.55 bits per heavy atom. The highest BCUT2D eigenvalue weighted by Crippen LogP contribution is 2.38. The van der Waals surface area contributed by atoms with Gasteiger partial charge in [-0.2, -0.15) is 13.2 Å². The molecule has 1 aromatic carbocycles. The maximum Gasteiger partial charge on any atom is 0.418 e. The molecule has 0 aromatic heterocycles. The molecule has 0 aliphatic carbocycles. The van der Waals surface area contributed by atoms with Crippen LogP contribution in [0.5, 0.6) is 0 Å². The van der Waals surface area contributed by atoms with Crippen LogP contribution >= 0.6 is 0 Å². The maximum absolute atomic E-state index is 13.1. The van der Waals surface area contributed by atoms with E-state index in [0.29, 0.717) is 13.0 Å². The monoisotopic (exact) mass is 288 g/mol. The van der Waals surface area contributed by atoms with Crippen molar-refractivity contribution >= 4 is 5.69 Å². The lowest BCUT2D eigenvalue weighted by molar-refractivity contribution is -0.137. The number of hydrogen-bond donors (Lipinski definition) is 1. The van der Waals surface area contributed by atoms with Gasteiger partial charge in [-0.1, -0.05) is 12.1 Å². The van der Waals surface area contributed by atoms with E-state index in [4.69, 9.17) is 0 Å². The highest BCUT2D eigenvalue weighted by Gasteiger charge is 2.39. The van der Waals surface area contributed by atoms with E-state index in [9.17, 15) is 18.3 Å². The zero-order valence-corrected chi connectivity index (χ0v) is 11.6.